The van der Waals surface area contributed by atoms with Crippen LogP contribution in [-0.4, -0.2) is 25.5 Å². The maximum absolute atomic E-state index is 12.7. The molecule has 7 heteroatoms. The number of halogens is 1. The summed E-state index contributed by atoms with van der Waals surface area (Å²) in [5, 5.41) is 10.7. The molecule has 0 amide bonds. The molecule has 1 atom stereocenters. The number of carbonyl (C=O) groups excluding carboxylic acids is 1. The number of hydrogen-bond donors (Lipinski definition) is 3. The molecule has 0 heterocycles. The predicted octanol–water partition coefficient (Wildman–Crippen LogP) is 4.28. The Labute approximate surface area is 176 Å². The number of amidine groups is 1. The van der Waals surface area contributed by atoms with Gasteiger partial charge in [-0.25, -0.2) is 4.79 Å². The lowest BCUT2D eigenvalue weighted by Gasteiger charge is -2.23. The summed E-state index contributed by atoms with van der Waals surface area (Å²) in [5.74, 6) is 0.0151. The molecule has 0 aliphatic carbocycles. The number of nitrogen functional groups attached to an aromatic ring is 1. The summed E-state index contributed by atoms with van der Waals surface area (Å²) in [6.45, 7) is 5.96. The van der Waals surface area contributed by atoms with Crippen LogP contribution in [0.15, 0.2) is 41.9 Å². The first-order valence-electron chi connectivity index (χ1n) is 9.09. The molecule has 0 saturated heterocycles. The molecule has 6 nitrogen and oxygen atoms in total. The lowest BCUT2D eigenvalue weighted by atomic mass is 9.96. The minimum Gasteiger partial charge on any atom is -0.493 e. The van der Waals surface area contributed by atoms with Crippen molar-refractivity contribution in [2.75, 3.05) is 19.0 Å². The predicted molar refractivity (Wildman–Crippen MR) is 117 cm³/mol. The Morgan fingerprint density at radius 2 is 2.03 bits per heavy atom. The number of methoxy groups -OCH3 is 1. The van der Waals surface area contributed by atoms with Gasteiger partial charge in [-0.15, -0.1) is 0 Å². The quantitative estimate of drug-likeness (QED) is 0.323. The van der Waals surface area contributed by atoms with E-state index in [0.29, 0.717) is 22.6 Å². The number of carbonyl (C=O) groups is 1. The SMILES string of the molecule is [CH2]COc1c(C=CCl)cc(CC)cc1C(Nc1ccc(C(=N)N)cc1)C(=O)OC. The molecule has 0 saturated carbocycles. The van der Waals surface area contributed by atoms with E-state index in [0.717, 1.165) is 17.5 Å². The minimum absolute atomic E-state index is 0.0275. The maximum atomic E-state index is 12.7. The van der Waals surface area contributed by atoms with Crippen molar-refractivity contribution in [3.63, 3.8) is 0 Å². The molecule has 0 aliphatic heterocycles. The van der Waals surface area contributed by atoms with Crippen LogP contribution in [0, 0.1) is 12.3 Å². The monoisotopic (exact) mass is 414 g/mol. The second-order valence-corrected chi connectivity index (χ2v) is 6.44. The molecule has 29 heavy (non-hydrogen) atoms. The van der Waals surface area contributed by atoms with Crippen molar-refractivity contribution in [1.82, 2.24) is 0 Å². The number of esters is 1. The Bertz CT molecular complexity index is 895. The Balaban J connectivity index is 2.57. The van der Waals surface area contributed by atoms with Crippen molar-refractivity contribution < 1.29 is 14.3 Å². The van der Waals surface area contributed by atoms with E-state index in [1.54, 1.807) is 30.3 Å². The summed E-state index contributed by atoms with van der Waals surface area (Å²) < 4.78 is 10.8. The summed E-state index contributed by atoms with van der Waals surface area (Å²) in [7, 11) is 1.33. The van der Waals surface area contributed by atoms with Gasteiger partial charge in [0.2, 0.25) is 0 Å². The Kier molecular flexibility index (Phi) is 8.09. The van der Waals surface area contributed by atoms with Gasteiger partial charge in [-0.1, -0.05) is 18.5 Å². The molecular weight excluding hydrogens is 390 g/mol. The van der Waals surface area contributed by atoms with E-state index in [1.807, 2.05) is 19.1 Å². The van der Waals surface area contributed by atoms with Crippen molar-refractivity contribution in [2.45, 2.75) is 19.4 Å². The van der Waals surface area contributed by atoms with Gasteiger partial charge >= 0.3 is 5.97 Å². The minimum atomic E-state index is -0.821. The summed E-state index contributed by atoms with van der Waals surface area (Å²) >= 11 is 5.81. The van der Waals surface area contributed by atoms with Crippen LogP contribution in [-0.2, 0) is 16.0 Å². The number of rotatable bonds is 9. The van der Waals surface area contributed by atoms with Crippen LogP contribution in [0.3, 0.4) is 0 Å². The van der Waals surface area contributed by atoms with Gasteiger partial charge in [0, 0.05) is 27.9 Å². The lowest BCUT2D eigenvalue weighted by Crippen LogP contribution is -2.24. The maximum Gasteiger partial charge on any atom is 0.333 e. The van der Waals surface area contributed by atoms with E-state index >= 15 is 0 Å². The van der Waals surface area contributed by atoms with Crippen LogP contribution < -0.4 is 15.8 Å². The van der Waals surface area contributed by atoms with Crippen LogP contribution in [0.2, 0.25) is 0 Å². The molecule has 1 unspecified atom stereocenters. The second kappa shape index (κ2) is 10.5. The summed E-state index contributed by atoms with van der Waals surface area (Å²) in [4.78, 5) is 12.7. The third kappa shape index (κ3) is 5.51. The number of nitrogens with two attached hydrogens (primary N) is 1. The Hall–Kier alpha value is -2.99. The van der Waals surface area contributed by atoms with Crippen LogP contribution in [0.1, 0.15) is 35.2 Å². The van der Waals surface area contributed by atoms with Crippen molar-refractivity contribution in [3.8, 4) is 5.75 Å². The van der Waals surface area contributed by atoms with E-state index in [9.17, 15) is 4.79 Å². The molecule has 2 rings (SSSR count). The Morgan fingerprint density at radius 3 is 2.55 bits per heavy atom. The molecule has 4 N–H and O–H groups in total. The first-order valence-corrected chi connectivity index (χ1v) is 9.53. The number of aryl methyl sites for hydroxylation is 1. The van der Waals surface area contributed by atoms with Gasteiger partial charge < -0.3 is 20.5 Å². The van der Waals surface area contributed by atoms with Crippen molar-refractivity contribution in [1.29, 1.82) is 5.41 Å². The normalized spacial score (nSPS) is 11.9. The van der Waals surface area contributed by atoms with E-state index < -0.39 is 12.0 Å². The van der Waals surface area contributed by atoms with Crippen LogP contribution >= 0.6 is 11.6 Å². The third-order valence-electron chi connectivity index (χ3n) is 4.36. The van der Waals surface area contributed by atoms with Crippen LogP contribution in [0.4, 0.5) is 5.69 Å². The summed E-state index contributed by atoms with van der Waals surface area (Å²) in [6, 6.07) is 9.96. The zero-order valence-corrected chi connectivity index (χ0v) is 17.3. The number of anilines is 1. The molecule has 0 fully saturated rings. The highest BCUT2D eigenvalue weighted by molar-refractivity contribution is 6.27. The van der Waals surface area contributed by atoms with Crippen molar-refractivity contribution in [2.24, 2.45) is 5.73 Å². The molecule has 0 spiro atoms. The van der Waals surface area contributed by atoms with Gasteiger partial charge in [-0.05, 0) is 61.4 Å². The molecule has 2 aromatic rings. The van der Waals surface area contributed by atoms with Gasteiger partial charge in [0.25, 0.3) is 0 Å². The fourth-order valence-electron chi connectivity index (χ4n) is 2.91. The lowest BCUT2D eigenvalue weighted by molar-refractivity contribution is -0.141. The molecule has 2 aromatic carbocycles. The van der Waals surface area contributed by atoms with Crippen LogP contribution in [0.25, 0.3) is 6.08 Å². The zero-order valence-electron chi connectivity index (χ0n) is 16.5. The van der Waals surface area contributed by atoms with Crippen LogP contribution in [0.5, 0.6) is 5.75 Å². The topological polar surface area (TPSA) is 97.4 Å². The first kappa shape index (κ1) is 22.3. The molecule has 0 aromatic heterocycles. The highest BCUT2D eigenvalue weighted by atomic mass is 35.5. The fourth-order valence-corrected chi connectivity index (χ4v) is 3.05. The summed E-state index contributed by atoms with van der Waals surface area (Å²) in [6.07, 6.45) is 2.48. The highest BCUT2D eigenvalue weighted by Gasteiger charge is 2.27. The van der Waals surface area contributed by atoms with Gasteiger partial charge in [0.05, 0.1) is 13.7 Å². The third-order valence-corrected chi connectivity index (χ3v) is 4.48. The molecule has 153 valence electrons. The van der Waals surface area contributed by atoms with E-state index in [4.69, 9.17) is 32.2 Å². The average molecular weight is 415 g/mol. The standard InChI is InChI=1S/C22H25ClN3O3/c1-4-14-12-16(10-11-23)20(29-5-2)18(13-14)19(22(27)28-3)26-17-8-6-15(7-9-17)21(24)25/h6-13,19,26H,2,4-5H2,1,3H3,(H3,24,25). The largest absolute Gasteiger partial charge is 0.493 e. The highest BCUT2D eigenvalue weighted by Crippen LogP contribution is 2.35. The fraction of sp³-hybridized carbons (Fsp3) is 0.227. The number of nitrogens with one attached hydrogen (secondary N) is 2. The average Bonchev–Trinajstić information content (AvgIpc) is 2.73. The van der Waals surface area contributed by atoms with Gasteiger partial charge in [-0.2, -0.15) is 0 Å². The van der Waals surface area contributed by atoms with Gasteiger partial charge in [0.1, 0.15) is 11.6 Å². The van der Waals surface area contributed by atoms with E-state index in [-0.39, 0.29) is 12.4 Å². The van der Waals surface area contributed by atoms with Gasteiger partial charge in [-0.3, -0.25) is 5.41 Å². The Morgan fingerprint density at radius 1 is 1.34 bits per heavy atom. The molecule has 0 bridgehead atoms. The number of hydrogen-bond acceptors (Lipinski definition) is 5. The smallest absolute Gasteiger partial charge is 0.333 e. The number of ether oxygens (including phenoxy) is 2. The summed E-state index contributed by atoms with van der Waals surface area (Å²) in [5.41, 5.74) is 10.6. The zero-order chi connectivity index (χ0) is 21.4. The molecule has 0 aliphatic rings. The van der Waals surface area contributed by atoms with E-state index in [1.165, 1.54) is 12.6 Å². The van der Waals surface area contributed by atoms with Crippen molar-refractivity contribution >= 4 is 35.2 Å². The van der Waals surface area contributed by atoms with Crippen molar-refractivity contribution in [3.05, 3.63) is 71.1 Å². The molecule has 1 radical (unpaired) electrons. The van der Waals surface area contributed by atoms with E-state index in [2.05, 4.69) is 12.2 Å². The number of benzene rings is 2. The second-order valence-electron chi connectivity index (χ2n) is 6.19. The molecular formula is C22H25ClN3O3. The first-order chi connectivity index (χ1) is 13.9. The van der Waals surface area contributed by atoms with Gasteiger partial charge in [0.15, 0.2) is 6.04 Å².